The number of aryl methyl sites for hydroxylation is 2. The fraction of sp³-hybridized carbons (Fsp3) is 0.167. The average molecular weight is 412 g/mol. The van der Waals surface area contributed by atoms with Crippen LogP contribution >= 0.6 is 0 Å². The number of aromatic nitrogens is 2. The van der Waals surface area contributed by atoms with Crippen molar-refractivity contribution in [2.75, 3.05) is 17.7 Å². The number of benzene rings is 1. The summed E-state index contributed by atoms with van der Waals surface area (Å²) in [5.41, 5.74) is 5.42. The summed E-state index contributed by atoms with van der Waals surface area (Å²) in [6.45, 7) is 11.8. The fourth-order valence-corrected chi connectivity index (χ4v) is 2.81. The predicted molar refractivity (Wildman–Crippen MR) is 123 cm³/mol. The molecule has 7 heteroatoms. The number of nitriles is 2. The molecule has 156 valence electrons. The minimum atomic E-state index is 0.315. The van der Waals surface area contributed by atoms with Crippen molar-refractivity contribution < 1.29 is 4.74 Å². The number of hydrogen-bond acceptors (Lipinski definition) is 7. The second-order valence-electron chi connectivity index (χ2n) is 6.74. The topological polar surface area (TPSA) is 107 Å². The van der Waals surface area contributed by atoms with Crippen molar-refractivity contribution in [1.82, 2.24) is 9.97 Å². The highest BCUT2D eigenvalue weighted by Crippen LogP contribution is 2.27. The van der Waals surface area contributed by atoms with E-state index in [0.29, 0.717) is 35.3 Å². The number of allylic oxidation sites excluding steroid dienone is 4. The Labute approximate surface area is 182 Å². The third-order valence-corrected chi connectivity index (χ3v) is 4.13. The van der Waals surface area contributed by atoms with Crippen molar-refractivity contribution in [1.29, 1.82) is 10.5 Å². The van der Waals surface area contributed by atoms with Crippen LogP contribution < -0.4 is 10.6 Å². The number of ether oxygens (including phenoxy) is 1. The van der Waals surface area contributed by atoms with Gasteiger partial charge in [-0.25, -0.2) is 4.98 Å². The smallest absolute Gasteiger partial charge is 0.229 e. The van der Waals surface area contributed by atoms with Gasteiger partial charge in [0.15, 0.2) is 0 Å². The highest BCUT2D eigenvalue weighted by atomic mass is 16.5. The van der Waals surface area contributed by atoms with Crippen LogP contribution in [0.3, 0.4) is 0 Å². The summed E-state index contributed by atoms with van der Waals surface area (Å²) in [6, 6.07) is 9.75. The molecule has 2 rings (SSSR count). The molecule has 0 radical (unpaired) electrons. The van der Waals surface area contributed by atoms with Gasteiger partial charge in [-0.05, 0) is 60.9 Å². The first-order chi connectivity index (χ1) is 14.9. The van der Waals surface area contributed by atoms with Crippen LogP contribution in [-0.2, 0) is 11.3 Å². The Morgan fingerprint density at radius 2 is 1.84 bits per heavy atom. The van der Waals surface area contributed by atoms with Gasteiger partial charge in [-0.2, -0.15) is 15.5 Å². The number of rotatable bonds is 9. The van der Waals surface area contributed by atoms with Crippen molar-refractivity contribution in [2.45, 2.75) is 20.5 Å². The number of anilines is 3. The molecule has 31 heavy (non-hydrogen) atoms. The first-order valence-corrected chi connectivity index (χ1v) is 9.40. The van der Waals surface area contributed by atoms with Gasteiger partial charge in [-0.15, -0.1) is 0 Å². The normalized spacial score (nSPS) is 10.6. The molecule has 0 atom stereocenters. The lowest BCUT2D eigenvalue weighted by Crippen LogP contribution is -2.07. The lowest BCUT2D eigenvalue weighted by atomic mass is 10.0. The SMILES string of the molecule is C=C(C#N)/C=C\C(=C)Nc1nc(COC)cc(Nc2c(C)cc(/C=C/C#N)cc2C)n1. The molecule has 0 saturated carbocycles. The lowest BCUT2D eigenvalue weighted by molar-refractivity contribution is 0.181. The number of nitrogens with one attached hydrogen (secondary N) is 2. The molecular weight excluding hydrogens is 388 g/mol. The van der Waals surface area contributed by atoms with Crippen LogP contribution in [0.4, 0.5) is 17.5 Å². The van der Waals surface area contributed by atoms with E-state index >= 15 is 0 Å². The van der Waals surface area contributed by atoms with Crippen LogP contribution in [0.5, 0.6) is 0 Å². The maximum atomic E-state index is 8.80. The Kier molecular flexibility index (Phi) is 8.27. The second kappa shape index (κ2) is 11.1. The van der Waals surface area contributed by atoms with E-state index in [-0.39, 0.29) is 0 Å². The van der Waals surface area contributed by atoms with E-state index < -0.39 is 0 Å². The van der Waals surface area contributed by atoms with Crippen molar-refractivity contribution in [3.8, 4) is 12.1 Å². The number of methoxy groups -OCH3 is 1. The van der Waals surface area contributed by atoms with Gasteiger partial charge in [-0.1, -0.05) is 13.2 Å². The number of nitrogens with zero attached hydrogens (tertiary/aromatic N) is 4. The summed E-state index contributed by atoms with van der Waals surface area (Å²) < 4.78 is 5.22. The van der Waals surface area contributed by atoms with Gasteiger partial charge >= 0.3 is 0 Å². The highest BCUT2D eigenvalue weighted by Gasteiger charge is 2.09. The molecule has 0 amide bonds. The summed E-state index contributed by atoms with van der Waals surface area (Å²) in [5.74, 6) is 0.937. The Hall–Kier alpha value is -4.20. The summed E-state index contributed by atoms with van der Waals surface area (Å²) in [4.78, 5) is 8.96. The van der Waals surface area contributed by atoms with E-state index in [1.807, 2.05) is 44.2 Å². The molecule has 7 nitrogen and oxygen atoms in total. The molecule has 2 N–H and O–H groups in total. The third kappa shape index (κ3) is 6.97. The largest absolute Gasteiger partial charge is 0.378 e. The van der Waals surface area contributed by atoms with E-state index in [1.165, 1.54) is 6.08 Å². The maximum absolute atomic E-state index is 8.80. The van der Waals surface area contributed by atoms with Gasteiger partial charge in [0.1, 0.15) is 5.82 Å². The van der Waals surface area contributed by atoms with Crippen LogP contribution in [0.25, 0.3) is 6.08 Å². The molecule has 0 unspecified atom stereocenters. The molecule has 0 aliphatic heterocycles. The molecule has 0 spiro atoms. The van der Waals surface area contributed by atoms with Gasteiger partial charge in [0.25, 0.3) is 0 Å². The molecule has 0 bridgehead atoms. The average Bonchev–Trinajstić information content (AvgIpc) is 2.73. The summed E-state index contributed by atoms with van der Waals surface area (Å²) in [6.07, 6.45) is 6.41. The van der Waals surface area contributed by atoms with E-state index in [0.717, 1.165) is 22.4 Å². The van der Waals surface area contributed by atoms with E-state index in [4.69, 9.17) is 15.3 Å². The van der Waals surface area contributed by atoms with E-state index in [1.54, 1.807) is 25.3 Å². The molecule has 0 saturated heterocycles. The van der Waals surface area contributed by atoms with Crippen molar-refractivity contribution in [2.24, 2.45) is 0 Å². The Morgan fingerprint density at radius 1 is 1.13 bits per heavy atom. The van der Waals surface area contributed by atoms with Gasteiger partial charge in [-0.3, -0.25) is 0 Å². The molecule has 0 aliphatic rings. The zero-order chi connectivity index (χ0) is 22.8. The third-order valence-electron chi connectivity index (χ3n) is 4.13. The standard InChI is InChI=1S/C24H24N6O/c1-16(14-26)8-9-19(4)27-24-28-21(15-31-5)13-22(30-24)29-23-17(2)11-20(7-6-10-25)12-18(23)3/h6-9,11-13H,1,4,15H2,2-3,5H3,(H2,27,28,29,30)/b7-6+,9-8-. The fourth-order valence-electron chi connectivity index (χ4n) is 2.81. The van der Waals surface area contributed by atoms with Crippen LogP contribution in [0, 0.1) is 36.5 Å². The summed E-state index contributed by atoms with van der Waals surface area (Å²) in [5, 5.41) is 23.9. The Bertz CT molecular complexity index is 1110. The first kappa shape index (κ1) is 23.1. The number of hydrogen-bond donors (Lipinski definition) is 2. The Balaban J connectivity index is 2.33. The lowest BCUT2D eigenvalue weighted by Gasteiger charge is -2.15. The molecule has 1 aromatic carbocycles. The maximum Gasteiger partial charge on any atom is 0.229 e. The minimum Gasteiger partial charge on any atom is -0.378 e. The monoisotopic (exact) mass is 412 g/mol. The van der Waals surface area contributed by atoms with E-state index in [2.05, 4.69) is 33.8 Å². The van der Waals surface area contributed by atoms with Crippen LogP contribution in [-0.4, -0.2) is 17.1 Å². The van der Waals surface area contributed by atoms with Crippen molar-refractivity contribution in [3.63, 3.8) is 0 Å². The van der Waals surface area contributed by atoms with Crippen LogP contribution in [0.2, 0.25) is 0 Å². The second-order valence-corrected chi connectivity index (χ2v) is 6.74. The minimum absolute atomic E-state index is 0.315. The van der Waals surface area contributed by atoms with Gasteiger partial charge < -0.3 is 15.4 Å². The Morgan fingerprint density at radius 3 is 2.45 bits per heavy atom. The summed E-state index contributed by atoms with van der Waals surface area (Å²) in [7, 11) is 1.60. The zero-order valence-electron chi connectivity index (χ0n) is 17.9. The van der Waals surface area contributed by atoms with Crippen molar-refractivity contribution >= 4 is 23.5 Å². The zero-order valence-corrected chi connectivity index (χ0v) is 17.9. The molecule has 0 aliphatic carbocycles. The summed E-state index contributed by atoms with van der Waals surface area (Å²) >= 11 is 0. The van der Waals surface area contributed by atoms with Gasteiger partial charge in [0, 0.05) is 36.2 Å². The highest BCUT2D eigenvalue weighted by molar-refractivity contribution is 5.69. The molecule has 2 aromatic rings. The van der Waals surface area contributed by atoms with E-state index in [9.17, 15) is 0 Å². The molecular formula is C24H24N6O. The van der Waals surface area contributed by atoms with Gasteiger partial charge in [0.2, 0.25) is 5.95 Å². The molecule has 0 fully saturated rings. The van der Waals surface area contributed by atoms with Crippen molar-refractivity contribution in [3.05, 3.63) is 83.2 Å². The van der Waals surface area contributed by atoms with Crippen LogP contribution in [0.15, 0.2) is 60.9 Å². The van der Waals surface area contributed by atoms with Crippen LogP contribution in [0.1, 0.15) is 22.4 Å². The molecule has 1 aromatic heterocycles. The van der Waals surface area contributed by atoms with Gasteiger partial charge in [0.05, 0.1) is 24.4 Å². The quantitative estimate of drug-likeness (QED) is 0.437. The molecule has 1 heterocycles. The predicted octanol–water partition coefficient (Wildman–Crippen LogP) is 5.08. The first-order valence-electron chi connectivity index (χ1n) is 9.40.